The smallest absolute Gasteiger partial charge is 0.242 e. The molecular formula is C13H24N2O. The first-order valence-corrected chi connectivity index (χ1v) is 6.63. The Morgan fingerprint density at radius 2 is 1.62 bits per heavy atom. The molecule has 2 N–H and O–H groups in total. The second-order valence-corrected chi connectivity index (χ2v) is 5.66. The fraction of sp³-hybridized carbons (Fsp3) is 0.923. The average Bonchev–Trinajstić information content (AvgIpc) is 3.08. The lowest BCUT2D eigenvalue weighted by atomic mass is 9.74. The van der Waals surface area contributed by atoms with Crippen LogP contribution in [0.4, 0.5) is 0 Å². The Morgan fingerprint density at radius 3 is 2.00 bits per heavy atom. The summed E-state index contributed by atoms with van der Waals surface area (Å²) < 4.78 is 0. The van der Waals surface area contributed by atoms with Crippen LogP contribution < -0.4 is 5.73 Å². The minimum atomic E-state index is -0.474. The standard InChI is InChI=1S/C13H24N2O/c1-3-12(4-2)7-9-15(10-8-12)11(16)13(14)5-6-13/h3-10,14H2,1-2H3. The van der Waals surface area contributed by atoms with Gasteiger partial charge in [-0.05, 0) is 31.1 Å². The zero-order valence-corrected chi connectivity index (χ0v) is 10.6. The van der Waals surface area contributed by atoms with Crippen molar-refractivity contribution in [2.75, 3.05) is 13.1 Å². The molecular weight excluding hydrogens is 200 g/mol. The number of carbonyl (C=O) groups is 1. The first-order chi connectivity index (χ1) is 7.55. The SMILES string of the molecule is CCC1(CC)CCN(C(=O)C2(N)CC2)CC1. The van der Waals surface area contributed by atoms with E-state index >= 15 is 0 Å². The van der Waals surface area contributed by atoms with Crippen molar-refractivity contribution in [2.45, 2.75) is 57.9 Å². The molecule has 0 aromatic carbocycles. The van der Waals surface area contributed by atoms with Crippen LogP contribution >= 0.6 is 0 Å². The van der Waals surface area contributed by atoms with Crippen LogP contribution in [0.15, 0.2) is 0 Å². The summed E-state index contributed by atoms with van der Waals surface area (Å²) in [5, 5.41) is 0. The van der Waals surface area contributed by atoms with E-state index < -0.39 is 5.54 Å². The van der Waals surface area contributed by atoms with Crippen molar-refractivity contribution in [3.63, 3.8) is 0 Å². The van der Waals surface area contributed by atoms with Gasteiger partial charge < -0.3 is 10.6 Å². The van der Waals surface area contributed by atoms with Gasteiger partial charge in [-0.25, -0.2) is 0 Å². The summed E-state index contributed by atoms with van der Waals surface area (Å²) in [7, 11) is 0. The largest absolute Gasteiger partial charge is 0.341 e. The molecule has 1 heterocycles. The van der Waals surface area contributed by atoms with Gasteiger partial charge in [-0.1, -0.05) is 26.7 Å². The summed E-state index contributed by atoms with van der Waals surface area (Å²) in [6.45, 7) is 6.37. The molecule has 0 aromatic heterocycles. The van der Waals surface area contributed by atoms with Crippen LogP contribution in [0.5, 0.6) is 0 Å². The number of amides is 1. The van der Waals surface area contributed by atoms with Gasteiger partial charge >= 0.3 is 0 Å². The van der Waals surface area contributed by atoms with E-state index in [1.165, 1.54) is 12.8 Å². The maximum absolute atomic E-state index is 12.1. The molecule has 2 fully saturated rings. The third kappa shape index (κ3) is 1.97. The third-order valence-corrected chi connectivity index (χ3v) is 4.83. The molecule has 3 nitrogen and oxygen atoms in total. The van der Waals surface area contributed by atoms with E-state index in [2.05, 4.69) is 13.8 Å². The van der Waals surface area contributed by atoms with Crippen LogP contribution in [0.3, 0.4) is 0 Å². The molecule has 3 heteroatoms. The Hall–Kier alpha value is -0.570. The lowest BCUT2D eigenvalue weighted by Gasteiger charge is -2.41. The van der Waals surface area contributed by atoms with Gasteiger partial charge in [-0.15, -0.1) is 0 Å². The quantitative estimate of drug-likeness (QED) is 0.796. The fourth-order valence-electron chi connectivity index (χ4n) is 2.80. The highest BCUT2D eigenvalue weighted by Crippen LogP contribution is 2.40. The van der Waals surface area contributed by atoms with Crippen molar-refractivity contribution in [2.24, 2.45) is 11.1 Å². The summed E-state index contributed by atoms with van der Waals surface area (Å²) in [5.74, 6) is 0.202. The number of nitrogens with zero attached hydrogens (tertiary/aromatic N) is 1. The molecule has 0 unspecified atom stereocenters. The van der Waals surface area contributed by atoms with Gasteiger partial charge in [-0.2, -0.15) is 0 Å². The second-order valence-electron chi connectivity index (χ2n) is 5.66. The van der Waals surface area contributed by atoms with Crippen LogP contribution in [-0.2, 0) is 4.79 Å². The molecule has 1 aliphatic heterocycles. The summed E-state index contributed by atoms with van der Waals surface area (Å²) in [4.78, 5) is 14.1. The average molecular weight is 224 g/mol. The highest BCUT2D eigenvalue weighted by atomic mass is 16.2. The van der Waals surface area contributed by atoms with Crippen molar-refractivity contribution >= 4 is 5.91 Å². The summed E-state index contributed by atoms with van der Waals surface area (Å²) in [6, 6.07) is 0. The normalized spacial score (nSPS) is 26.6. The van der Waals surface area contributed by atoms with Gasteiger partial charge in [-0.3, -0.25) is 4.79 Å². The second kappa shape index (κ2) is 4.02. The number of likely N-dealkylation sites (tertiary alicyclic amines) is 1. The molecule has 1 saturated carbocycles. The van der Waals surface area contributed by atoms with E-state index in [4.69, 9.17) is 5.73 Å². The van der Waals surface area contributed by atoms with Crippen LogP contribution in [0.25, 0.3) is 0 Å². The molecule has 92 valence electrons. The number of rotatable bonds is 3. The van der Waals surface area contributed by atoms with Gasteiger partial charge in [0.1, 0.15) is 0 Å². The highest BCUT2D eigenvalue weighted by Gasteiger charge is 2.49. The summed E-state index contributed by atoms with van der Waals surface area (Å²) in [5.41, 5.74) is 5.98. The van der Waals surface area contributed by atoms with Gasteiger partial charge in [0.25, 0.3) is 0 Å². The highest BCUT2D eigenvalue weighted by molar-refractivity contribution is 5.89. The van der Waals surface area contributed by atoms with Crippen LogP contribution in [-0.4, -0.2) is 29.4 Å². The van der Waals surface area contributed by atoms with Crippen molar-refractivity contribution < 1.29 is 4.79 Å². The van der Waals surface area contributed by atoms with Crippen LogP contribution in [0.1, 0.15) is 52.4 Å². The maximum atomic E-state index is 12.1. The Kier molecular flexibility index (Phi) is 2.99. The minimum absolute atomic E-state index is 0.202. The topological polar surface area (TPSA) is 46.3 Å². The molecule has 0 aromatic rings. The molecule has 0 bridgehead atoms. The monoisotopic (exact) mass is 224 g/mol. The van der Waals surface area contributed by atoms with E-state index in [0.717, 1.165) is 38.8 Å². The first kappa shape index (κ1) is 11.9. The molecule has 1 amide bonds. The zero-order chi connectivity index (χ0) is 11.8. The Balaban J connectivity index is 1.92. The van der Waals surface area contributed by atoms with E-state index in [9.17, 15) is 4.79 Å². The van der Waals surface area contributed by atoms with Crippen molar-refractivity contribution in [1.29, 1.82) is 0 Å². The molecule has 1 aliphatic carbocycles. The number of hydrogen-bond acceptors (Lipinski definition) is 2. The Bertz CT molecular complexity index is 270. The number of carbonyl (C=O) groups excluding carboxylic acids is 1. The Morgan fingerprint density at radius 1 is 1.12 bits per heavy atom. The van der Waals surface area contributed by atoms with Crippen molar-refractivity contribution in [3.8, 4) is 0 Å². The predicted octanol–water partition coefficient (Wildman–Crippen LogP) is 1.91. The molecule has 1 saturated heterocycles. The Labute approximate surface area is 98.4 Å². The van der Waals surface area contributed by atoms with Gasteiger partial charge in [0.15, 0.2) is 0 Å². The lowest BCUT2D eigenvalue weighted by molar-refractivity contribution is -0.136. The van der Waals surface area contributed by atoms with Gasteiger partial charge in [0.2, 0.25) is 5.91 Å². The zero-order valence-electron chi connectivity index (χ0n) is 10.6. The predicted molar refractivity (Wildman–Crippen MR) is 65.0 cm³/mol. The van der Waals surface area contributed by atoms with E-state index in [-0.39, 0.29) is 5.91 Å². The molecule has 0 radical (unpaired) electrons. The molecule has 0 atom stereocenters. The first-order valence-electron chi connectivity index (χ1n) is 6.63. The summed E-state index contributed by atoms with van der Waals surface area (Å²) >= 11 is 0. The van der Waals surface area contributed by atoms with E-state index in [0.29, 0.717) is 5.41 Å². The fourth-order valence-corrected chi connectivity index (χ4v) is 2.80. The molecule has 0 spiro atoms. The van der Waals surface area contributed by atoms with Gasteiger partial charge in [0, 0.05) is 13.1 Å². The molecule has 16 heavy (non-hydrogen) atoms. The number of hydrogen-bond donors (Lipinski definition) is 1. The van der Waals surface area contributed by atoms with E-state index in [1.54, 1.807) is 0 Å². The lowest BCUT2D eigenvalue weighted by Crippen LogP contribution is -2.50. The molecule has 2 rings (SSSR count). The third-order valence-electron chi connectivity index (χ3n) is 4.83. The van der Waals surface area contributed by atoms with Crippen molar-refractivity contribution in [1.82, 2.24) is 4.90 Å². The van der Waals surface area contributed by atoms with Crippen molar-refractivity contribution in [3.05, 3.63) is 0 Å². The van der Waals surface area contributed by atoms with Crippen LogP contribution in [0.2, 0.25) is 0 Å². The number of nitrogens with two attached hydrogens (primary N) is 1. The van der Waals surface area contributed by atoms with E-state index in [1.807, 2.05) is 4.90 Å². The molecule has 2 aliphatic rings. The van der Waals surface area contributed by atoms with Crippen LogP contribution in [0, 0.1) is 5.41 Å². The minimum Gasteiger partial charge on any atom is -0.341 e. The number of piperidine rings is 1. The summed E-state index contributed by atoms with van der Waals surface area (Å²) in [6.07, 6.45) is 6.55. The van der Waals surface area contributed by atoms with Gasteiger partial charge in [0.05, 0.1) is 5.54 Å². The maximum Gasteiger partial charge on any atom is 0.242 e.